The third-order valence-electron chi connectivity index (χ3n) is 2.66. The molecule has 94 valence electrons. The van der Waals surface area contributed by atoms with Gasteiger partial charge in [0.25, 0.3) is 5.69 Å². The van der Waals surface area contributed by atoms with Crippen LogP contribution < -0.4 is 4.74 Å². The van der Waals surface area contributed by atoms with E-state index in [4.69, 9.17) is 4.74 Å². The molecule has 0 aliphatic heterocycles. The van der Waals surface area contributed by atoms with Crippen LogP contribution in [0.2, 0.25) is 0 Å². The number of ether oxygens (including phenoxy) is 1. The minimum absolute atomic E-state index is 0.0564. The summed E-state index contributed by atoms with van der Waals surface area (Å²) in [6.45, 7) is 2.68. The average Bonchev–Trinajstić information content (AvgIpc) is 2.38. The highest BCUT2D eigenvalue weighted by atomic mass is 16.6. The number of benzene rings is 1. The van der Waals surface area contributed by atoms with Crippen LogP contribution in [0.15, 0.2) is 30.5 Å². The van der Waals surface area contributed by atoms with Gasteiger partial charge in [-0.25, -0.2) is 0 Å². The number of hydrogen-bond donors (Lipinski definition) is 0. The number of rotatable bonds is 5. The number of fused-ring (bicyclic) bond motifs is 1. The van der Waals surface area contributed by atoms with E-state index in [1.807, 2.05) is 0 Å². The zero-order chi connectivity index (χ0) is 13.0. The third kappa shape index (κ3) is 2.40. The van der Waals surface area contributed by atoms with Crippen molar-refractivity contribution in [3.05, 3.63) is 40.6 Å². The lowest BCUT2D eigenvalue weighted by atomic mass is 10.1. The van der Waals surface area contributed by atoms with Crippen molar-refractivity contribution in [3.63, 3.8) is 0 Å². The van der Waals surface area contributed by atoms with E-state index in [1.165, 1.54) is 6.07 Å². The van der Waals surface area contributed by atoms with Crippen LogP contribution >= 0.6 is 0 Å². The number of nitrogens with zero attached hydrogens (tertiary/aromatic N) is 2. The van der Waals surface area contributed by atoms with E-state index < -0.39 is 4.92 Å². The second kappa shape index (κ2) is 5.44. The largest absolute Gasteiger partial charge is 0.491 e. The van der Waals surface area contributed by atoms with Crippen LogP contribution in [0.1, 0.15) is 19.8 Å². The van der Waals surface area contributed by atoms with Gasteiger partial charge in [0.1, 0.15) is 11.3 Å². The molecule has 0 amide bonds. The lowest BCUT2D eigenvalue weighted by Gasteiger charge is -2.08. The van der Waals surface area contributed by atoms with E-state index in [-0.39, 0.29) is 5.69 Å². The molecule has 0 saturated heterocycles. The van der Waals surface area contributed by atoms with E-state index in [0.29, 0.717) is 23.3 Å². The molecular formula is C13H14N2O3. The Morgan fingerprint density at radius 2 is 2.22 bits per heavy atom. The summed E-state index contributed by atoms with van der Waals surface area (Å²) in [5.74, 6) is 0.602. The van der Waals surface area contributed by atoms with Gasteiger partial charge in [-0.3, -0.25) is 15.1 Å². The van der Waals surface area contributed by atoms with E-state index in [1.54, 1.807) is 24.4 Å². The predicted molar refractivity (Wildman–Crippen MR) is 68.8 cm³/mol. The zero-order valence-corrected chi connectivity index (χ0v) is 10.1. The molecule has 0 saturated carbocycles. The first-order valence-corrected chi connectivity index (χ1v) is 5.89. The molecule has 18 heavy (non-hydrogen) atoms. The molecule has 0 N–H and O–H groups in total. The highest BCUT2D eigenvalue weighted by molar-refractivity contribution is 5.92. The SMILES string of the molecule is CCCCOc1ccc([N+](=O)[O-])c2cccnc12. The normalized spacial score (nSPS) is 10.5. The summed E-state index contributed by atoms with van der Waals surface area (Å²) in [4.78, 5) is 14.7. The summed E-state index contributed by atoms with van der Waals surface area (Å²) in [5.41, 5.74) is 0.601. The Morgan fingerprint density at radius 1 is 1.39 bits per heavy atom. The topological polar surface area (TPSA) is 65.3 Å². The Hall–Kier alpha value is -2.17. The Bertz CT molecular complexity index is 569. The lowest BCUT2D eigenvalue weighted by Crippen LogP contribution is -1.99. The van der Waals surface area contributed by atoms with Gasteiger partial charge in [0.2, 0.25) is 0 Å². The number of pyridine rings is 1. The molecule has 5 heteroatoms. The van der Waals surface area contributed by atoms with Gasteiger partial charge in [0.15, 0.2) is 0 Å². The summed E-state index contributed by atoms with van der Waals surface area (Å²) in [5, 5.41) is 11.4. The molecule has 2 aromatic rings. The molecule has 0 aliphatic carbocycles. The first kappa shape index (κ1) is 12.3. The molecule has 2 rings (SSSR count). The smallest absolute Gasteiger partial charge is 0.279 e. The van der Waals surface area contributed by atoms with Crippen LogP contribution in [0.25, 0.3) is 10.9 Å². The molecule has 1 heterocycles. The standard InChI is InChI=1S/C13H14N2O3/c1-2-3-9-18-12-7-6-11(15(16)17)10-5-4-8-14-13(10)12/h4-8H,2-3,9H2,1H3. The molecule has 1 aromatic heterocycles. The molecular weight excluding hydrogens is 232 g/mol. The van der Waals surface area contributed by atoms with Gasteiger partial charge >= 0.3 is 0 Å². The van der Waals surface area contributed by atoms with Gasteiger partial charge in [0.05, 0.1) is 16.9 Å². The Kier molecular flexibility index (Phi) is 3.72. The van der Waals surface area contributed by atoms with E-state index in [9.17, 15) is 10.1 Å². The summed E-state index contributed by atoms with van der Waals surface area (Å²) in [6.07, 6.45) is 3.60. The first-order valence-electron chi connectivity index (χ1n) is 5.89. The third-order valence-corrected chi connectivity index (χ3v) is 2.66. The van der Waals surface area contributed by atoms with Gasteiger partial charge in [0, 0.05) is 12.3 Å². The van der Waals surface area contributed by atoms with Crippen LogP contribution in [0, 0.1) is 10.1 Å². The van der Waals surface area contributed by atoms with Crippen LogP contribution in [0.4, 0.5) is 5.69 Å². The van der Waals surface area contributed by atoms with Crippen LogP contribution in [-0.2, 0) is 0 Å². The number of non-ortho nitro benzene ring substituents is 1. The fraction of sp³-hybridized carbons (Fsp3) is 0.308. The van der Waals surface area contributed by atoms with Crippen molar-refractivity contribution in [3.8, 4) is 5.75 Å². The summed E-state index contributed by atoms with van der Waals surface area (Å²) in [7, 11) is 0. The summed E-state index contributed by atoms with van der Waals surface area (Å²) < 4.78 is 5.61. The van der Waals surface area contributed by atoms with Gasteiger partial charge in [-0.15, -0.1) is 0 Å². The maximum Gasteiger partial charge on any atom is 0.279 e. The van der Waals surface area contributed by atoms with E-state index in [2.05, 4.69) is 11.9 Å². The highest BCUT2D eigenvalue weighted by Gasteiger charge is 2.15. The van der Waals surface area contributed by atoms with Crippen LogP contribution in [0.3, 0.4) is 0 Å². The number of unbranched alkanes of at least 4 members (excludes halogenated alkanes) is 1. The van der Waals surface area contributed by atoms with Crippen molar-refractivity contribution >= 4 is 16.6 Å². The van der Waals surface area contributed by atoms with Crippen molar-refractivity contribution in [2.75, 3.05) is 6.61 Å². The van der Waals surface area contributed by atoms with Crippen LogP contribution in [-0.4, -0.2) is 16.5 Å². The van der Waals surface area contributed by atoms with E-state index in [0.717, 1.165) is 12.8 Å². The molecule has 0 spiro atoms. The van der Waals surface area contributed by atoms with Crippen molar-refractivity contribution in [1.82, 2.24) is 4.98 Å². The summed E-state index contributed by atoms with van der Waals surface area (Å²) >= 11 is 0. The minimum Gasteiger partial charge on any atom is -0.491 e. The fourth-order valence-corrected chi connectivity index (χ4v) is 1.73. The lowest BCUT2D eigenvalue weighted by molar-refractivity contribution is -0.383. The molecule has 0 unspecified atom stereocenters. The fourth-order valence-electron chi connectivity index (χ4n) is 1.73. The second-order valence-electron chi connectivity index (χ2n) is 3.94. The Balaban J connectivity index is 2.44. The first-order chi connectivity index (χ1) is 8.74. The van der Waals surface area contributed by atoms with Gasteiger partial charge in [-0.05, 0) is 24.6 Å². The molecule has 0 fully saturated rings. The van der Waals surface area contributed by atoms with Crippen LogP contribution in [0.5, 0.6) is 5.75 Å². The molecule has 0 bridgehead atoms. The van der Waals surface area contributed by atoms with E-state index >= 15 is 0 Å². The highest BCUT2D eigenvalue weighted by Crippen LogP contribution is 2.31. The molecule has 0 radical (unpaired) electrons. The Morgan fingerprint density at radius 3 is 2.94 bits per heavy atom. The predicted octanol–water partition coefficient (Wildman–Crippen LogP) is 3.32. The minimum atomic E-state index is -0.403. The van der Waals surface area contributed by atoms with Crippen molar-refractivity contribution in [2.45, 2.75) is 19.8 Å². The number of nitro groups is 1. The van der Waals surface area contributed by atoms with Crippen molar-refractivity contribution < 1.29 is 9.66 Å². The Labute approximate surface area is 105 Å². The molecule has 5 nitrogen and oxygen atoms in total. The number of aromatic nitrogens is 1. The summed E-state index contributed by atoms with van der Waals surface area (Å²) in [6, 6.07) is 6.45. The average molecular weight is 246 g/mol. The van der Waals surface area contributed by atoms with Crippen molar-refractivity contribution in [2.24, 2.45) is 0 Å². The second-order valence-corrected chi connectivity index (χ2v) is 3.94. The molecule has 0 atom stereocenters. The monoisotopic (exact) mass is 246 g/mol. The molecule has 1 aromatic carbocycles. The van der Waals surface area contributed by atoms with Gasteiger partial charge in [-0.1, -0.05) is 13.3 Å². The molecule has 0 aliphatic rings. The number of nitro benzene ring substituents is 1. The van der Waals surface area contributed by atoms with Crippen molar-refractivity contribution in [1.29, 1.82) is 0 Å². The maximum absolute atomic E-state index is 10.9. The zero-order valence-electron chi connectivity index (χ0n) is 10.1. The number of hydrogen-bond acceptors (Lipinski definition) is 4. The van der Waals surface area contributed by atoms with Gasteiger partial charge in [-0.2, -0.15) is 0 Å². The van der Waals surface area contributed by atoms with Gasteiger partial charge < -0.3 is 4.74 Å². The maximum atomic E-state index is 10.9. The quantitative estimate of drug-likeness (QED) is 0.461.